The van der Waals surface area contributed by atoms with Crippen molar-refractivity contribution in [2.45, 2.75) is 33.1 Å². The van der Waals surface area contributed by atoms with Gasteiger partial charge in [-0.15, -0.1) is 0 Å². The van der Waals surface area contributed by atoms with Gasteiger partial charge >= 0.3 is 0 Å². The summed E-state index contributed by atoms with van der Waals surface area (Å²) in [5.74, 6) is 1.58. The summed E-state index contributed by atoms with van der Waals surface area (Å²) in [6.45, 7) is 6.75. The molecule has 1 aliphatic rings. The van der Waals surface area contributed by atoms with E-state index in [0.717, 1.165) is 17.1 Å². The number of amides is 2. The zero-order valence-electron chi connectivity index (χ0n) is 16.5. The maximum absolute atomic E-state index is 12.7. The molecule has 6 nitrogen and oxygen atoms in total. The monoisotopic (exact) mass is 382 g/mol. The summed E-state index contributed by atoms with van der Waals surface area (Å²) in [7, 11) is 0. The smallest absolute Gasteiger partial charge is 0.224 e. The number of ether oxygens (including phenoxy) is 2. The molecule has 28 heavy (non-hydrogen) atoms. The van der Waals surface area contributed by atoms with Crippen molar-refractivity contribution in [3.63, 3.8) is 0 Å². The largest absolute Gasteiger partial charge is 0.486 e. The van der Waals surface area contributed by atoms with Gasteiger partial charge in [0.1, 0.15) is 13.2 Å². The summed E-state index contributed by atoms with van der Waals surface area (Å²) in [6.07, 6.45) is 0.349. The molecule has 2 aromatic carbocycles. The number of fused-ring (bicyclic) bond motifs is 1. The van der Waals surface area contributed by atoms with Crippen LogP contribution in [0.25, 0.3) is 0 Å². The summed E-state index contributed by atoms with van der Waals surface area (Å²) in [5.41, 5.74) is 2.36. The van der Waals surface area contributed by atoms with Crippen LogP contribution in [-0.2, 0) is 9.59 Å². The predicted octanol–water partition coefficient (Wildman–Crippen LogP) is 4.18. The molecule has 1 atom stereocenters. The first kappa shape index (κ1) is 19.7. The average Bonchev–Trinajstić information content (AvgIpc) is 2.65. The van der Waals surface area contributed by atoms with Crippen LogP contribution >= 0.6 is 0 Å². The molecule has 0 fully saturated rings. The van der Waals surface area contributed by atoms with Gasteiger partial charge in [-0.3, -0.25) is 9.59 Å². The van der Waals surface area contributed by atoms with E-state index in [0.29, 0.717) is 31.0 Å². The highest BCUT2D eigenvalue weighted by atomic mass is 16.6. The van der Waals surface area contributed by atoms with E-state index in [1.807, 2.05) is 18.2 Å². The van der Waals surface area contributed by atoms with E-state index < -0.39 is 0 Å². The van der Waals surface area contributed by atoms with Gasteiger partial charge in [-0.1, -0.05) is 26.0 Å². The van der Waals surface area contributed by atoms with Crippen LogP contribution in [0.1, 0.15) is 38.7 Å². The van der Waals surface area contributed by atoms with Gasteiger partial charge in [0.05, 0.1) is 0 Å². The average molecular weight is 382 g/mol. The number of anilines is 2. The van der Waals surface area contributed by atoms with Gasteiger partial charge in [-0.05, 0) is 47.7 Å². The number of benzene rings is 2. The lowest BCUT2D eigenvalue weighted by Crippen LogP contribution is -2.20. The normalized spacial score (nSPS) is 13.7. The molecule has 148 valence electrons. The molecule has 0 spiro atoms. The van der Waals surface area contributed by atoms with E-state index in [4.69, 9.17) is 9.47 Å². The van der Waals surface area contributed by atoms with Crippen LogP contribution in [0.3, 0.4) is 0 Å². The van der Waals surface area contributed by atoms with E-state index in [2.05, 4.69) is 24.5 Å². The Hall–Kier alpha value is -3.02. The second kappa shape index (κ2) is 8.78. The molecule has 0 radical (unpaired) electrons. The van der Waals surface area contributed by atoms with Crippen molar-refractivity contribution in [3.05, 3.63) is 48.0 Å². The lowest BCUT2D eigenvalue weighted by Gasteiger charge is -2.24. The van der Waals surface area contributed by atoms with Crippen LogP contribution in [0.15, 0.2) is 42.5 Å². The van der Waals surface area contributed by atoms with Gasteiger partial charge in [0, 0.05) is 24.7 Å². The third-order valence-electron chi connectivity index (χ3n) is 4.67. The maximum atomic E-state index is 12.7. The molecule has 0 saturated heterocycles. The number of hydrogen-bond donors (Lipinski definition) is 2. The first-order chi connectivity index (χ1) is 13.4. The van der Waals surface area contributed by atoms with E-state index in [9.17, 15) is 9.59 Å². The maximum Gasteiger partial charge on any atom is 0.224 e. The molecule has 3 rings (SSSR count). The summed E-state index contributed by atoms with van der Waals surface area (Å²) in [6, 6.07) is 13.0. The van der Waals surface area contributed by atoms with E-state index >= 15 is 0 Å². The molecule has 0 aromatic heterocycles. The van der Waals surface area contributed by atoms with E-state index in [1.165, 1.54) is 6.92 Å². The van der Waals surface area contributed by atoms with Crippen molar-refractivity contribution in [3.8, 4) is 11.5 Å². The molecule has 1 aliphatic heterocycles. The molecule has 0 aliphatic carbocycles. The molecule has 0 saturated carbocycles. The highest BCUT2D eigenvalue weighted by Crippen LogP contribution is 2.36. The zero-order valence-corrected chi connectivity index (χ0v) is 16.5. The Balaban J connectivity index is 1.71. The lowest BCUT2D eigenvalue weighted by atomic mass is 9.85. The van der Waals surface area contributed by atoms with Crippen LogP contribution in [0.2, 0.25) is 0 Å². The molecular weight excluding hydrogens is 356 g/mol. The van der Waals surface area contributed by atoms with Gasteiger partial charge in [-0.2, -0.15) is 0 Å². The van der Waals surface area contributed by atoms with Crippen molar-refractivity contribution >= 4 is 23.2 Å². The molecule has 2 N–H and O–H groups in total. The van der Waals surface area contributed by atoms with Crippen molar-refractivity contribution in [2.24, 2.45) is 5.92 Å². The SMILES string of the molecule is CC(=O)Nc1cccc(NC(=O)CC(c2ccc3c(c2)OCCO3)C(C)C)c1. The molecular formula is C22H26N2O4. The predicted molar refractivity (Wildman–Crippen MR) is 109 cm³/mol. The number of carbonyl (C=O) groups is 2. The lowest BCUT2D eigenvalue weighted by molar-refractivity contribution is -0.117. The fourth-order valence-corrected chi connectivity index (χ4v) is 3.32. The van der Waals surface area contributed by atoms with Gasteiger partial charge < -0.3 is 20.1 Å². The van der Waals surface area contributed by atoms with Crippen LogP contribution in [0, 0.1) is 5.92 Å². The van der Waals surface area contributed by atoms with Gasteiger partial charge in [0.15, 0.2) is 11.5 Å². The topological polar surface area (TPSA) is 76.7 Å². The van der Waals surface area contributed by atoms with Crippen LogP contribution in [0.5, 0.6) is 11.5 Å². The van der Waals surface area contributed by atoms with Gasteiger partial charge in [0.25, 0.3) is 0 Å². The second-order valence-electron chi connectivity index (χ2n) is 7.27. The molecule has 2 amide bonds. The number of hydrogen-bond acceptors (Lipinski definition) is 4. The van der Waals surface area contributed by atoms with Crippen molar-refractivity contribution in [2.75, 3.05) is 23.8 Å². The van der Waals surface area contributed by atoms with E-state index in [1.54, 1.807) is 24.3 Å². The number of rotatable bonds is 6. The minimum absolute atomic E-state index is 0.0503. The Kier molecular flexibility index (Phi) is 6.19. The standard InChI is InChI=1S/C22H26N2O4/c1-14(2)19(16-7-8-20-21(11-16)28-10-9-27-20)13-22(26)24-18-6-4-5-17(12-18)23-15(3)25/h4-8,11-12,14,19H,9-10,13H2,1-3H3,(H,23,25)(H,24,26). The van der Waals surface area contributed by atoms with E-state index in [-0.39, 0.29) is 23.7 Å². The summed E-state index contributed by atoms with van der Waals surface area (Å²) in [4.78, 5) is 23.9. The highest BCUT2D eigenvalue weighted by molar-refractivity contribution is 5.93. The number of nitrogens with one attached hydrogen (secondary N) is 2. The summed E-state index contributed by atoms with van der Waals surface area (Å²) >= 11 is 0. The minimum atomic E-state index is -0.151. The number of carbonyl (C=O) groups excluding carboxylic acids is 2. The molecule has 1 heterocycles. The molecule has 6 heteroatoms. The first-order valence-corrected chi connectivity index (χ1v) is 9.49. The Morgan fingerprint density at radius 2 is 1.64 bits per heavy atom. The minimum Gasteiger partial charge on any atom is -0.486 e. The van der Waals surface area contributed by atoms with Crippen LogP contribution in [-0.4, -0.2) is 25.0 Å². The van der Waals surface area contributed by atoms with Crippen molar-refractivity contribution in [1.82, 2.24) is 0 Å². The summed E-state index contributed by atoms with van der Waals surface area (Å²) in [5, 5.41) is 5.64. The van der Waals surface area contributed by atoms with Crippen molar-refractivity contribution < 1.29 is 19.1 Å². The quantitative estimate of drug-likeness (QED) is 0.786. The molecule has 1 unspecified atom stereocenters. The van der Waals surface area contributed by atoms with Crippen LogP contribution in [0.4, 0.5) is 11.4 Å². The van der Waals surface area contributed by atoms with Crippen molar-refractivity contribution in [1.29, 1.82) is 0 Å². The summed E-state index contributed by atoms with van der Waals surface area (Å²) < 4.78 is 11.3. The third-order valence-corrected chi connectivity index (χ3v) is 4.67. The Bertz CT molecular complexity index is 863. The van der Waals surface area contributed by atoms with Gasteiger partial charge in [-0.25, -0.2) is 0 Å². The fourth-order valence-electron chi connectivity index (χ4n) is 3.32. The Labute approximate surface area is 165 Å². The molecule has 2 aromatic rings. The fraction of sp³-hybridized carbons (Fsp3) is 0.364. The molecule has 0 bridgehead atoms. The van der Waals surface area contributed by atoms with Crippen LogP contribution < -0.4 is 20.1 Å². The highest BCUT2D eigenvalue weighted by Gasteiger charge is 2.22. The second-order valence-corrected chi connectivity index (χ2v) is 7.27. The van der Waals surface area contributed by atoms with Gasteiger partial charge in [0.2, 0.25) is 11.8 Å². The zero-order chi connectivity index (χ0) is 20.1. The third kappa shape index (κ3) is 5.03. The Morgan fingerprint density at radius 1 is 0.964 bits per heavy atom. The Morgan fingerprint density at radius 3 is 2.32 bits per heavy atom. The first-order valence-electron chi connectivity index (χ1n) is 9.49.